The number of thiophene rings is 1. The molecule has 1 unspecified atom stereocenters. The molecular formula is C15H26N2O2S2. The van der Waals surface area contributed by atoms with Gasteiger partial charge in [0.05, 0.1) is 4.90 Å². The van der Waals surface area contributed by atoms with E-state index in [2.05, 4.69) is 23.9 Å². The zero-order chi connectivity index (χ0) is 15.5. The van der Waals surface area contributed by atoms with Crippen LogP contribution in [0.15, 0.2) is 16.3 Å². The van der Waals surface area contributed by atoms with Gasteiger partial charge in [0.15, 0.2) is 0 Å². The molecule has 1 aliphatic rings. The molecule has 2 N–H and O–H groups in total. The normalized spacial score (nSPS) is 17.3. The maximum atomic E-state index is 12.3. The van der Waals surface area contributed by atoms with E-state index in [4.69, 9.17) is 0 Å². The highest BCUT2D eigenvalue weighted by molar-refractivity contribution is 7.89. The molecule has 2 rings (SSSR count). The van der Waals surface area contributed by atoms with Gasteiger partial charge in [-0.25, -0.2) is 13.1 Å². The fraction of sp³-hybridized carbons (Fsp3) is 0.733. The van der Waals surface area contributed by atoms with Crippen molar-refractivity contribution in [3.63, 3.8) is 0 Å². The first-order valence-corrected chi connectivity index (χ1v) is 10.1. The maximum absolute atomic E-state index is 12.3. The zero-order valence-electron chi connectivity index (χ0n) is 13.1. The number of hydrogen-bond donors (Lipinski definition) is 2. The summed E-state index contributed by atoms with van der Waals surface area (Å²) < 4.78 is 27.4. The third-order valence-electron chi connectivity index (χ3n) is 3.62. The summed E-state index contributed by atoms with van der Waals surface area (Å²) in [5, 5.41) is 5.14. The van der Waals surface area contributed by atoms with Crippen LogP contribution in [0.25, 0.3) is 0 Å². The Morgan fingerprint density at radius 2 is 2.00 bits per heavy atom. The minimum Gasteiger partial charge on any atom is -0.309 e. The minimum absolute atomic E-state index is 0.0228. The van der Waals surface area contributed by atoms with E-state index < -0.39 is 10.0 Å². The molecule has 0 radical (unpaired) electrons. The maximum Gasteiger partial charge on any atom is 0.241 e. The van der Waals surface area contributed by atoms with Crippen molar-refractivity contribution in [1.29, 1.82) is 0 Å². The van der Waals surface area contributed by atoms with E-state index in [1.807, 2.05) is 6.92 Å². The van der Waals surface area contributed by atoms with Crippen LogP contribution in [0.1, 0.15) is 51.3 Å². The lowest BCUT2D eigenvalue weighted by molar-refractivity contribution is 0.485. The van der Waals surface area contributed by atoms with E-state index in [0.29, 0.717) is 16.9 Å². The van der Waals surface area contributed by atoms with Crippen LogP contribution in [0.2, 0.25) is 0 Å². The lowest BCUT2D eigenvalue weighted by Crippen LogP contribution is -2.32. The number of rotatable bonds is 9. The van der Waals surface area contributed by atoms with Crippen molar-refractivity contribution in [2.24, 2.45) is 5.92 Å². The quantitative estimate of drug-likeness (QED) is 0.731. The van der Waals surface area contributed by atoms with Crippen molar-refractivity contribution in [1.82, 2.24) is 10.0 Å². The highest BCUT2D eigenvalue weighted by atomic mass is 32.2. The van der Waals surface area contributed by atoms with Crippen LogP contribution < -0.4 is 10.0 Å². The highest BCUT2D eigenvalue weighted by Gasteiger charge is 2.22. The number of hydrogen-bond acceptors (Lipinski definition) is 4. The zero-order valence-corrected chi connectivity index (χ0v) is 14.7. The molecule has 0 spiro atoms. The smallest absolute Gasteiger partial charge is 0.241 e. The van der Waals surface area contributed by atoms with Crippen molar-refractivity contribution in [3.8, 4) is 0 Å². The molecule has 6 heteroatoms. The molecule has 21 heavy (non-hydrogen) atoms. The fourth-order valence-electron chi connectivity index (χ4n) is 2.10. The molecule has 4 nitrogen and oxygen atoms in total. The van der Waals surface area contributed by atoms with Gasteiger partial charge in [-0.3, -0.25) is 0 Å². The summed E-state index contributed by atoms with van der Waals surface area (Å²) in [5.74, 6) is 0.596. The summed E-state index contributed by atoms with van der Waals surface area (Å²) in [6.45, 7) is 7.01. The van der Waals surface area contributed by atoms with Gasteiger partial charge in [-0.2, -0.15) is 0 Å². The molecule has 0 bridgehead atoms. The Morgan fingerprint density at radius 3 is 2.62 bits per heavy atom. The lowest BCUT2D eigenvalue weighted by Gasteiger charge is -2.14. The molecular weight excluding hydrogens is 304 g/mol. The van der Waals surface area contributed by atoms with Gasteiger partial charge in [-0.05, 0) is 44.6 Å². The average Bonchev–Trinajstić information content (AvgIpc) is 3.09. The summed E-state index contributed by atoms with van der Waals surface area (Å²) in [4.78, 5) is 1.48. The summed E-state index contributed by atoms with van der Waals surface area (Å²) in [6.07, 6.45) is 4.39. The Kier molecular flexibility index (Phi) is 5.82. The SMILES string of the molecule is CC(C)CCC(C)NS(=O)(=O)c1csc(CNC2CC2)c1. The van der Waals surface area contributed by atoms with Crippen molar-refractivity contribution >= 4 is 21.4 Å². The van der Waals surface area contributed by atoms with Crippen LogP contribution in [-0.4, -0.2) is 20.5 Å². The summed E-state index contributed by atoms with van der Waals surface area (Å²) in [6, 6.07) is 2.41. The molecule has 0 amide bonds. The van der Waals surface area contributed by atoms with Gasteiger partial charge in [0.1, 0.15) is 0 Å². The standard InChI is InChI=1S/C15H26N2O2S2/c1-11(2)4-5-12(3)17-21(18,19)15-8-14(20-10-15)9-16-13-6-7-13/h8,10-13,16-17H,4-7,9H2,1-3H3. The summed E-state index contributed by atoms with van der Waals surface area (Å²) in [7, 11) is -3.38. The Bertz CT molecular complexity index is 548. The van der Waals surface area contributed by atoms with Crippen LogP contribution in [-0.2, 0) is 16.6 Å². The monoisotopic (exact) mass is 330 g/mol. The molecule has 120 valence electrons. The molecule has 1 heterocycles. The second-order valence-electron chi connectivity index (χ2n) is 6.40. The first-order chi connectivity index (χ1) is 9.87. The predicted octanol–water partition coefficient (Wildman–Crippen LogP) is 3.10. The molecule has 1 aromatic heterocycles. The van der Waals surface area contributed by atoms with E-state index in [1.165, 1.54) is 24.2 Å². The highest BCUT2D eigenvalue weighted by Crippen LogP contribution is 2.23. The molecule has 1 aliphatic carbocycles. The first-order valence-electron chi connectivity index (χ1n) is 7.70. The van der Waals surface area contributed by atoms with Crippen molar-refractivity contribution in [2.45, 2.75) is 70.0 Å². The van der Waals surface area contributed by atoms with Crippen molar-refractivity contribution in [3.05, 3.63) is 16.3 Å². The topological polar surface area (TPSA) is 58.2 Å². The fourth-order valence-corrected chi connectivity index (χ4v) is 4.61. The van der Waals surface area contributed by atoms with E-state index in [0.717, 1.165) is 24.3 Å². The molecule has 1 saturated carbocycles. The van der Waals surface area contributed by atoms with Crippen LogP contribution >= 0.6 is 11.3 Å². The summed E-state index contributed by atoms with van der Waals surface area (Å²) >= 11 is 1.51. The van der Waals surface area contributed by atoms with E-state index in [9.17, 15) is 8.42 Å². The van der Waals surface area contributed by atoms with E-state index in [-0.39, 0.29) is 6.04 Å². The van der Waals surface area contributed by atoms with Gasteiger partial charge in [0.2, 0.25) is 10.0 Å². The van der Waals surface area contributed by atoms with Crippen molar-refractivity contribution in [2.75, 3.05) is 0 Å². The van der Waals surface area contributed by atoms with Crippen molar-refractivity contribution < 1.29 is 8.42 Å². The third-order valence-corrected chi connectivity index (χ3v) is 6.27. The van der Waals surface area contributed by atoms with Gasteiger partial charge < -0.3 is 5.32 Å². The van der Waals surface area contributed by atoms with Crippen LogP contribution in [0.4, 0.5) is 0 Å². The molecule has 0 aromatic carbocycles. The second-order valence-corrected chi connectivity index (χ2v) is 9.11. The van der Waals surface area contributed by atoms with Crippen LogP contribution in [0.3, 0.4) is 0 Å². The Labute approximate surface area is 132 Å². The Morgan fingerprint density at radius 1 is 1.29 bits per heavy atom. The molecule has 1 atom stereocenters. The van der Waals surface area contributed by atoms with Gasteiger partial charge >= 0.3 is 0 Å². The van der Waals surface area contributed by atoms with E-state index >= 15 is 0 Å². The third kappa shape index (κ3) is 5.70. The Balaban J connectivity index is 1.88. The van der Waals surface area contributed by atoms with Gasteiger partial charge in [0, 0.05) is 28.9 Å². The van der Waals surface area contributed by atoms with Gasteiger partial charge in [0.25, 0.3) is 0 Å². The van der Waals surface area contributed by atoms with Crippen LogP contribution in [0, 0.1) is 5.92 Å². The largest absolute Gasteiger partial charge is 0.309 e. The summed E-state index contributed by atoms with van der Waals surface area (Å²) in [5.41, 5.74) is 0. The number of nitrogens with one attached hydrogen (secondary N) is 2. The van der Waals surface area contributed by atoms with Crippen LogP contribution in [0.5, 0.6) is 0 Å². The second kappa shape index (κ2) is 7.22. The van der Waals surface area contributed by atoms with Gasteiger partial charge in [-0.15, -0.1) is 11.3 Å². The molecule has 1 aromatic rings. The molecule has 0 aliphatic heterocycles. The lowest BCUT2D eigenvalue weighted by atomic mass is 10.1. The minimum atomic E-state index is -3.38. The number of sulfonamides is 1. The van der Waals surface area contributed by atoms with Gasteiger partial charge in [-0.1, -0.05) is 13.8 Å². The average molecular weight is 331 g/mol. The Hall–Kier alpha value is -0.430. The van der Waals surface area contributed by atoms with E-state index in [1.54, 1.807) is 11.4 Å². The molecule has 1 fully saturated rings. The predicted molar refractivity (Wildman–Crippen MR) is 88.0 cm³/mol. The molecule has 0 saturated heterocycles. The first kappa shape index (κ1) is 16.9.